The Morgan fingerprint density at radius 3 is 2.83 bits per heavy atom. The van der Waals surface area contributed by atoms with Crippen LogP contribution in [-0.2, 0) is 17.8 Å². The van der Waals surface area contributed by atoms with Gasteiger partial charge in [0, 0.05) is 25.9 Å². The fraction of sp³-hybridized carbons (Fsp3) is 0.556. The highest BCUT2D eigenvalue weighted by Crippen LogP contribution is 2.17. The first-order valence-electron chi connectivity index (χ1n) is 8.47. The Morgan fingerprint density at radius 2 is 2.09 bits per heavy atom. The van der Waals surface area contributed by atoms with Gasteiger partial charge in [-0.2, -0.15) is 0 Å². The summed E-state index contributed by atoms with van der Waals surface area (Å²) in [5.74, 6) is 1.18. The number of imidazole rings is 1. The topological polar surface area (TPSA) is 50.2 Å². The number of benzene rings is 1. The van der Waals surface area contributed by atoms with Crippen molar-refractivity contribution in [3.8, 4) is 0 Å². The van der Waals surface area contributed by atoms with Crippen LogP contribution in [0.3, 0.4) is 0 Å². The van der Waals surface area contributed by atoms with Gasteiger partial charge in [0.25, 0.3) is 0 Å². The van der Waals surface area contributed by atoms with Gasteiger partial charge in [0.15, 0.2) is 0 Å². The third-order valence-electron chi connectivity index (χ3n) is 3.87. The molecule has 0 aliphatic rings. The zero-order valence-electron chi connectivity index (χ0n) is 14.5. The Morgan fingerprint density at radius 1 is 1.30 bits per heavy atom. The molecule has 0 atom stereocenters. The minimum absolute atomic E-state index is 0.128. The first kappa shape index (κ1) is 17.5. The Hall–Kier alpha value is -1.88. The molecule has 1 amide bonds. The van der Waals surface area contributed by atoms with Gasteiger partial charge in [-0.05, 0) is 45.6 Å². The molecule has 2 rings (SSSR count). The van der Waals surface area contributed by atoms with Crippen molar-refractivity contribution in [3.63, 3.8) is 0 Å². The lowest BCUT2D eigenvalue weighted by Crippen LogP contribution is -2.26. The molecule has 0 bridgehead atoms. The van der Waals surface area contributed by atoms with Crippen LogP contribution in [0.15, 0.2) is 24.3 Å². The van der Waals surface area contributed by atoms with E-state index in [0.717, 1.165) is 43.7 Å². The number of nitrogens with one attached hydrogen (secondary N) is 1. The molecule has 0 aliphatic heterocycles. The largest absolute Gasteiger partial charge is 0.356 e. The standard InChI is InChI=1S/C18H28N4O/c1-4-8-18(23)19-12-11-17-20-15-9-5-6-10-16(15)22(17)14-7-13-21(2)3/h5-6,9-10H,4,7-8,11-14H2,1-3H3,(H,19,23). The Kier molecular flexibility index (Phi) is 6.59. The molecule has 1 heterocycles. The highest BCUT2D eigenvalue weighted by atomic mass is 16.1. The predicted molar refractivity (Wildman–Crippen MR) is 94.5 cm³/mol. The van der Waals surface area contributed by atoms with Gasteiger partial charge in [-0.25, -0.2) is 4.98 Å². The summed E-state index contributed by atoms with van der Waals surface area (Å²) >= 11 is 0. The van der Waals surface area contributed by atoms with Crippen molar-refractivity contribution >= 4 is 16.9 Å². The van der Waals surface area contributed by atoms with Crippen LogP contribution >= 0.6 is 0 Å². The normalized spacial score (nSPS) is 11.3. The van der Waals surface area contributed by atoms with Crippen molar-refractivity contribution in [3.05, 3.63) is 30.1 Å². The lowest BCUT2D eigenvalue weighted by Gasteiger charge is -2.12. The van der Waals surface area contributed by atoms with E-state index in [1.54, 1.807) is 0 Å². The van der Waals surface area contributed by atoms with Gasteiger partial charge in [0.05, 0.1) is 11.0 Å². The third kappa shape index (κ3) is 5.06. The second-order valence-electron chi connectivity index (χ2n) is 6.18. The van der Waals surface area contributed by atoms with Crippen molar-refractivity contribution in [2.75, 3.05) is 27.2 Å². The highest BCUT2D eigenvalue weighted by molar-refractivity contribution is 5.76. The van der Waals surface area contributed by atoms with Crippen LogP contribution in [0.2, 0.25) is 0 Å². The maximum absolute atomic E-state index is 11.6. The number of para-hydroxylation sites is 2. The van der Waals surface area contributed by atoms with Gasteiger partial charge in [0.1, 0.15) is 5.82 Å². The molecule has 5 nitrogen and oxygen atoms in total. The number of aryl methyl sites for hydroxylation is 1. The molecular formula is C18H28N4O. The zero-order chi connectivity index (χ0) is 16.7. The number of hydrogen-bond acceptors (Lipinski definition) is 3. The first-order valence-corrected chi connectivity index (χ1v) is 8.47. The summed E-state index contributed by atoms with van der Waals surface area (Å²) in [6.07, 6.45) is 3.34. The summed E-state index contributed by atoms with van der Waals surface area (Å²) in [5, 5.41) is 2.98. The molecule has 0 unspecified atom stereocenters. The third-order valence-corrected chi connectivity index (χ3v) is 3.87. The van der Waals surface area contributed by atoms with Gasteiger partial charge >= 0.3 is 0 Å². The highest BCUT2D eigenvalue weighted by Gasteiger charge is 2.10. The molecule has 0 fully saturated rings. The summed E-state index contributed by atoms with van der Waals surface area (Å²) < 4.78 is 2.30. The minimum Gasteiger partial charge on any atom is -0.356 e. The molecule has 0 saturated heterocycles. The quantitative estimate of drug-likeness (QED) is 0.773. The Labute approximate surface area is 138 Å². The molecule has 23 heavy (non-hydrogen) atoms. The summed E-state index contributed by atoms with van der Waals surface area (Å²) in [7, 11) is 4.19. The van der Waals surface area contributed by atoms with Gasteiger partial charge < -0.3 is 14.8 Å². The maximum Gasteiger partial charge on any atom is 0.219 e. The first-order chi connectivity index (χ1) is 11.1. The van der Waals surface area contributed by atoms with Crippen molar-refractivity contribution in [2.24, 2.45) is 0 Å². The van der Waals surface area contributed by atoms with Crippen molar-refractivity contribution in [1.82, 2.24) is 19.8 Å². The molecule has 1 aromatic carbocycles. The van der Waals surface area contributed by atoms with Crippen LogP contribution in [0.25, 0.3) is 11.0 Å². The molecular weight excluding hydrogens is 288 g/mol. The number of rotatable bonds is 9. The van der Waals surface area contributed by atoms with Gasteiger partial charge in [-0.3, -0.25) is 4.79 Å². The van der Waals surface area contributed by atoms with Crippen LogP contribution in [-0.4, -0.2) is 47.5 Å². The SMILES string of the molecule is CCCC(=O)NCCc1nc2ccccc2n1CCCN(C)C. The maximum atomic E-state index is 11.6. The number of carbonyl (C=O) groups excluding carboxylic acids is 1. The van der Waals surface area contributed by atoms with Gasteiger partial charge in [0.2, 0.25) is 5.91 Å². The van der Waals surface area contributed by atoms with E-state index in [1.165, 1.54) is 5.52 Å². The molecule has 0 spiro atoms. The molecule has 0 radical (unpaired) electrons. The number of hydrogen-bond donors (Lipinski definition) is 1. The van der Waals surface area contributed by atoms with E-state index in [2.05, 4.69) is 47.1 Å². The predicted octanol–water partition coefficient (Wildman–Crippen LogP) is 2.45. The second-order valence-corrected chi connectivity index (χ2v) is 6.18. The van der Waals surface area contributed by atoms with Crippen molar-refractivity contribution in [1.29, 1.82) is 0 Å². The van der Waals surface area contributed by atoms with E-state index in [4.69, 9.17) is 4.98 Å². The van der Waals surface area contributed by atoms with Gasteiger partial charge in [-0.1, -0.05) is 19.1 Å². The lowest BCUT2D eigenvalue weighted by atomic mass is 10.3. The van der Waals surface area contributed by atoms with Crippen molar-refractivity contribution in [2.45, 2.75) is 39.2 Å². The van der Waals surface area contributed by atoms with E-state index < -0.39 is 0 Å². The summed E-state index contributed by atoms with van der Waals surface area (Å²) in [4.78, 5) is 18.5. The lowest BCUT2D eigenvalue weighted by molar-refractivity contribution is -0.121. The van der Waals surface area contributed by atoms with Crippen LogP contribution in [0.5, 0.6) is 0 Å². The number of fused-ring (bicyclic) bond motifs is 1. The molecule has 0 saturated carbocycles. The molecule has 1 aromatic heterocycles. The van der Waals surface area contributed by atoms with E-state index >= 15 is 0 Å². The summed E-state index contributed by atoms with van der Waals surface area (Å²) in [5.41, 5.74) is 2.22. The smallest absolute Gasteiger partial charge is 0.219 e. The number of aromatic nitrogens is 2. The Balaban J connectivity index is 2.06. The summed E-state index contributed by atoms with van der Waals surface area (Å²) in [6, 6.07) is 8.25. The van der Waals surface area contributed by atoms with Crippen LogP contribution in [0.4, 0.5) is 0 Å². The van der Waals surface area contributed by atoms with Gasteiger partial charge in [-0.15, -0.1) is 0 Å². The zero-order valence-corrected chi connectivity index (χ0v) is 14.5. The fourth-order valence-corrected chi connectivity index (χ4v) is 2.74. The van der Waals surface area contributed by atoms with Crippen LogP contribution in [0.1, 0.15) is 32.0 Å². The monoisotopic (exact) mass is 316 g/mol. The van der Waals surface area contributed by atoms with E-state index in [1.807, 2.05) is 13.0 Å². The molecule has 2 aromatic rings. The summed E-state index contributed by atoms with van der Waals surface area (Å²) in [6.45, 7) is 4.68. The fourth-order valence-electron chi connectivity index (χ4n) is 2.74. The number of nitrogens with zero attached hydrogens (tertiary/aromatic N) is 3. The second kappa shape index (κ2) is 8.67. The van der Waals surface area contributed by atoms with E-state index in [0.29, 0.717) is 13.0 Å². The average molecular weight is 316 g/mol. The van der Waals surface area contributed by atoms with E-state index in [-0.39, 0.29) is 5.91 Å². The average Bonchev–Trinajstić information content (AvgIpc) is 2.85. The Bertz CT molecular complexity index is 633. The molecule has 5 heteroatoms. The van der Waals surface area contributed by atoms with Crippen LogP contribution in [0, 0.1) is 0 Å². The number of amides is 1. The van der Waals surface area contributed by atoms with E-state index in [9.17, 15) is 4.79 Å². The van der Waals surface area contributed by atoms with Crippen molar-refractivity contribution < 1.29 is 4.79 Å². The number of carbonyl (C=O) groups is 1. The molecule has 126 valence electrons. The van der Waals surface area contributed by atoms with Crippen LogP contribution < -0.4 is 5.32 Å². The molecule has 1 N–H and O–H groups in total. The molecule has 0 aliphatic carbocycles. The minimum atomic E-state index is 0.128.